The average molecular weight is 376 g/mol. The molecule has 0 fully saturated rings. The number of carbonyl (C=O) groups excluding carboxylic acids is 1. The second kappa shape index (κ2) is 8.23. The van der Waals surface area contributed by atoms with E-state index >= 15 is 0 Å². The molecular weight excluding hydrogens is 352 g/mol. The lowest BCUT2D eigenvalue weighted by molar-refractivity contribution is -0.114. The van der Waals surface area contributed by atoms with Gasteiger partial charge in [0.1, 0.15) is 12.3 Å². The number of benzene rings is 2. The minimum atomic E-state index is -3.62. The monoisotopic (exact) mass is 376 g/mol. The number of sulfonamides is 1. The van der Waals surface area contributed by atoms with Gasteiger partial charge >= 0.3 is 0 Å². The number of aryl methyl sites for hydroxylation is 2. The third-order valence-corrected chi connectivity index (χ3v) is 4.91. The summed E-state index contributed by atoms with van der Waals surface area (Å²) < 4.78 is 31.2. The number of ether oxygens (including phenoxy) is 1. The van der Waals surface area contributed by atoms with Gasteiger partial charge in [0.05, 0.1) is 24.2 Å². The van der Waals surface area contributed by atoms with Crippen molar-refractivity contribution in [2.24, 2.45) is 0 Å². The number of amides is 1. The third kappa shape index (κ3) is 4.98. The highest BCUT2D eigenvalue weighted by molar-refractivity contribution is 7.92. The van der Waals surface area contributed by atoms with E-state index in [-0.39, 0.29) is 6.54 Å². The van der Waals surface area contributed by atoms with E-state index in [9.17, 15) is 13.2 Å². The van der Waals surface area contributed by atoms with E-state index in [1.807, 2.05) is 32.9 Å². The lowest BCUT2D eigenvalue weighted by atomic mass is 10.1. The van der Waals surface area contributed by atoms with Gasteiger partial charge in [0.15, 0.2) is 0 Å². The molecule has 0 aliphatic rings. The van der Waals surface area contributed by atoms with E-state index in [0.29, 0.717) is 23.7 Å². The molecule has 26 heavy (non-hydrogen) atoms. The minimum absolute atomic E-state index is 0.316. The average Bonchev–Trinajstić information content (AvgIpc) is 2.56. The van der Waals surface area contributed by atoms with Crippen LogP contribution < -0.4 is 14.4 Å². The summed E-state index contributed by atoms with van der Waals surface area (Å²) in [5.74, 6) is 0.101. The highest BCUT2D eigenvalue weighted by Crippen LogP contribution is 2.26. The molecule has 0 saturated heterocycles. The highest BCUT2D eigenvalue weighted by atomic mass is 32.2. The number of hydrogen-bond donors (Lipinski definition) is 1. The molecule has 2 aromatic rings. The Labute approximate surface area is 154 Å². The van der Waals surface area contributed by atoms with Gasteiger partial charge in [-0.1, -0.05) is 24.3 Å². The SMILES string of the molecule is CCOc1ccccc1NC(=O)CN(c1cc(C)ccc1C)S(C)(=O)=O. The quantitative estimate of drug-likeness (QED) is 0.806. The lowest BCUT2D eigenvalue weighted by Gasteiger charge is -2.24. The zero-order chi connectivity index (χ0) is 19.3. The number of hydrogen-bond acceptors (Lipinski definition) is 4. The van der Waals surface area contributed by atoms with Crippen LogP contribution in [0.3, 0.4) is 0 Å². The summed E-state index contributed by atoms with van der Waals surface area (Å²) in [5, 5.41) is 2.73. The van der Waals surface area contributed by atoms with Crippen molar-refractivity contribution in [1.29, 1.82) is 0 Å². The first kappa shape index (κ1) is 19.8. The van der Waals surface area contributed by atoms with E-state index in [1.54, 1.807) is 30.3 Å². The molecule has 0 spiro atoms. The first-order valence-corrected chi connectivity index (χ1v) is 10.1. The number of nitrogens with zero attached hydrogens (tertiary/aromatic N) is 1. The molecule has 1 N–H and O–H groups in total. The predicted octanol–water partition coefficient (Wildman–Crippen LogP) is 3.11. The second-order valence-electron chi connectivity index (χ2n) is 6.04. The molecular formula is C19H24N2O4S. The van der Waals surface area contributed by atoms with Crippen molar-refractivity contribution >= 4 is 27.3 Å². The summed E-state index contributed by atoms with van der Waals surface area (Å²) in [6.07, 6.45) is 1.09. The van der Waals surface area contributed by atoms with E-state index in [2.05, 4.69) is 5.32 Å². The normalized spacial score (nSPS) is 11.1. The molecule has 0 heterocycles. The maximum absolute atomic E-state index is 12.5. The van der Waals surface area contributed by atoms with Crippen molar-refractivity contribution < 1.29 is 17.9 Å². The highest BCUT2D eigenvalue weighted by Gasteiger charge is 2.23. The van der Waals surface area contributed by atoms with Crippen molar-refractivity contribution in [3.05, 3.63) is 53.6 Å². The Morgan fingerprint density at radius 2 is 1.85 bits per heavy atom. The molecule has 2 aromatic carbocycles. The molecule has 0 radical (unpaired) electrons. The van der Waals surface area contributed by atoms with Crippen LogP contribution in [0.4, 0.5) is 11.4 Å². The Bertz CT molecular complexity index is 894. The number of carbonyl (C=O) groups is 1. The van der Waals surface area contributed by atoms with E-state index in [0.717, 1.165) is 21.7 Å². The molecule has 0 bridgehead atoms. The number of rotatable bonds is 7. The fraction of sp³-hybridized carbons (Fsp3) is 0.316. The molecule has 0 aliphatic carbocycles. The first-order chi connectivity index (χ1) is 12.2. The Hall–Kier alpha value is -2.54. The van der Waals surface area contributed by atoms with E-state index in [4.69, 9.17) is 4.74 Å². The lowest BCUT2D eigenvalue weighted by Crippen LogP contribution is -2.38. The van der Waals surface area contributed by atoms with Gasteiger partial charge in [0, 0.05) is 0 Å². The van der Waals surface area contributed by atoms with Gasteiger partial charge in [-0.2, -0.15) is 0 Å². The Balaban J connectivity index is 2.27. The Morgan fingerprint density at radius 3 is 2.50 bits per heavy atom. The molecule has 0 aliphatic heterocycles. The van der Waals surface area contributed by atoms with Gasteiger partial charge in [-0.05, 0) is 50.1 Å². The van der Waals surface area contributed by atoms with Gasteiger partial charge in [-0.25, -0.2) is 8.42 Å². The van der Waals surface area contributed by atoms with Crippen molar-refractivity contribution in [2.45, 2.75) is 20.8 Å². The minimum Gasteiger partial charge on any atom is -0.492 e. The molecule has 0 unspecified atom stereocenters. The van der Waals surface area contributed by atoms with Crippen LogP contribution in [0.5, 0.6) is 5.75 Å². The van der Waals surface area contributed by atoms with Crippen molar-refractivity contribution in [3.63, 3.8) is 0 Å². The van der Waals surface area contributed by atoms with Crippen LogP contribution >= 0.6 is 0 Å². The molecule has 0 atom stereocenters. The van der Waals surface area contributed by atoms with Gasteiger partial charge < -0.3 is 10.1 Å². The van der Waals surface area contributed by atoms with Crippen LogP contribution in [0.2, 0.25) is 0 Å². The van der Waals surface area contributed by atoms with Crippen LogP contribution in [0.1, 0.15) is 18.1 Å². The zero-order valence-corrected chi connectivity index (χ0v) is 16.3. The van der Waals surface area contributed by atoms with E-state index < -0.39 is 15.9 Å². The van der Waals surface area contributed by atoms with Crippen LogP contribution in [-0.2, 0) is 14.8 Å². The zero-order valence-electron chi connectivity index (χ0n) is 15.4. The third-order valence-electron chi connectivity index (χ3n) is 3.78. The van der Waals surface area contributed by atoms with Gasteiger partial charge in [-0.3, -0.25) is 9.10 Å². The summed E-state index contributed by atoms with van der Waals surface area (Å²) in [7, 11) is -3.62. The van der Waals surface area contributed by atoms with Gasteiger partial charge in [0.2, 0.25) is 15.9 Å². The van der Waals surface area contributed by atoms with Crippen LogP contribution in [0, 0.1) is 13.8 Å². The standard InChI is InChI=1S/C19H24N2O4S/c1-5-25-18-9-7-6-8-16(18)20-19(22)13-21(26(4,23)24)17-12-14(2)10-11-15(17)3/h6-12H,5,13H2,1-4H3,(H,20,22). The number of nitrogens with one attached hydrogen (secondary N) is 1. The molecule has 7 heteroatoms. The van der Waals surface area contributed by atoms with E-state index in [1.165, 1.54) is 0 Å². The molecule has 2 rings (SSSR count). The summed E-state index contributed by atoms with van der Waals surface area (Å²) in [4.78, 5) is 12.5. The molecule has 6 nitrogen and oxygen atoms in total. The van der Waals surface area contributed by atoms with Gasteiger partial charge in [0.25, 0.3) is 0 Å². The smallest absolute Gasteiger partial charge is 0.245 e. The van der Waals surface area contributed by atoms with Crippen LogP contribution in [-0.4, -0.2) is 33.7 Å². The maximum atomic E-state index is 12.5. The Morgan fingerprint density at radius 1 is 1.15 bits per heavy atom. The number of para-hydroxylation sites is 2. The molecule has 1 amide bonds. The van der Waals surface area contributed by atoms with Crippen molar-refractivity contribution in [1.82, 2.24) is 0 Å². The number of anilines is 2. The molecule has 0 aromatic heterocycles. The summed E-state index contributed by atoms with van der Waals surface area (Å²) in [6, 6.07) is 12.5. The fourth-order valence-electron chi connectivity index (χ4n) is 2.54. The summed E-state index contributed by atoms with van der Waals surface area (Å²) in [6.45, 7) is 5.69. The van der Waals surface area contributed by atoms with Gasteiger partial charge in [-0.15, -0.1) is 0 Å². The predicted molar refractivity (Wildman–Crippen MR) is 104 cm³/mol. The van der Waals surface area contributed by atoms with Crippen molar-refractivity contribution in [2.75, 3.05) is 29.0 Å². The summed E-state index contributed by atoms with van der Waals surface area (Å²) in [5.41, 5.74) is 2.71. The molecule has 0 saturated carbocycles. The molecule has 140 valence electrons. The second-order valence-corrected chi connectivity index (χ2v) is 7.94. The summed E-state index contributed by atoms with van der Waals surface area (Å²) >= 11 is 0. The Kier molecular flexibility index (Phi) is 6.26. The topological polar surface area (TPSA) is 75.7 Å². The van der Waals surface area contributed by atoms with Crippen LogP contribution in [0.15, 0.2) is 42.5 Å². The fourth-order valence-corrected chi connectivity index (χ4v) is 3.45. The maximum Gasteiger partial charge on any atom is 0.245 e. The largest absolute Gasteiger partial charge is 0.492 e. The van der Waals surface area contributed by atoms with Crippen LogP contribution in [0.25, 0.3) is 0 Å². The first-order valence-electron chi connectivity index (χ1n) is 8.29. The van der Waals surface area contributed by atoms with Crippen molar-refractivity contribution in [3.8, 4) is 5.75 Å².